The zero-order chi connectivity index (χ0) is 18.9. The van der Waals surface area contributed by atoms with Crippen LogP contribution in [0.2, 0.25) is 19.6 Å². The molecule has 0 aliphatic heterocycles. The third-order valence-electron chi connectivity index (χ3n) is 8.78. The van der Waals surface area contributed by atoms with Crippen LogP contribution in [-0.4, -0.2) is 31.4 Å². The zero-order valence-electron chi connectivity index (χ0n) is 17.4. The molecule has 4 fully saturated rings. The highest BCUT2D eigenvalue weighted by molar-refractivity contribution is 6.69. The lowest BCUT2D eigenvalue weighted by atomic mass is 9.44. The second-order valence-corrected chi connectivity index (χ2v) is 15.8. The Kier molecular flexibility index (Phi) is 4.53. The Bertz CT molecular complexity index is 584. The van der Waals surface area contributed by atoms with Crippen LogP contribution in [-0.2, 0) is 9.22 Å². The number of ketones is 1. The van der Waals surface area contributed by atoms with E-state index in [0.717, 1.165) is 19.3 Å². The minimum absolute atomic E-state index is 0.231. The summed E-state index contributed by atoms with van der Waals surface area (Å²) in [5.41, 5.74) is -0.0173. The second kappa shape index (κ2) is 6.15. The molecular weight excluding hydrogens is 340 g/mol. The number of carbonyl (C=O) groups excluding carboxylic acids is 1. The Labute approximate surface area is 160 Å². The maximum absolute atomic E-state index is 12.6. The Balaban J connectivity index is 1.57. The molecule has 4 aliphatic carbocycles. The lowest BCUT2D eigenvalue weighted by molar-refractivity contribution is -0.174. The molecule has 8 atom stereocenters. The highest BCUT2D eigenvalue weighted by Crippen LogP contribution is 2.65. The molecular formula is C22H38O3Si. The van der Waals surface area contributed by atoms with Gasteiger partial charge in [0.05, 0.1) is 6.10 Å². The van der Waals surface area contributed by atoms with E-state index in [2.05, 4.69) is 33.5 Å². The fourth-order valence-corrected chi connectivity index (χ4v) is 8.94. The average molecular weight is 379 g/mol. The van der Waals surface area contributed by atoms with E-state index >= 15 is 0 Å². The number of fused-ring (bicyclic) bond motifs is 5. The van der Waals surface area contributed by atoms with Crippen LogP contribution in [0.1, 0.15) is 65.2 Å². The molecule has 4 saturated carbocycles. The van der Waals surface area contributed by atoms with Crippen LogP contribution in [0.3, 0.4) is 0 Å². The fourth-order valence-electron chi connectivity index (χ4n) is 7.72. The van der Waals surface area contributed by atoms with Crippen molar-refractivity contribution in [2.75, 3.05) is 0 Å². The van der Waals surface area contributed by atoms with E-state index < -0.39 is 8.32 Å². The predicted octanol–water partition coefficient (Wildman–Crippen LogP) is 4.79. The minimum Gasteiger partial charge on any atom is -0.415 e. The fraction of sp³-hybridized carbons (Fsp3) is 0.955. The highest BCUT2D eigenvalue weighted by atomic mass is 28.4. The second-order valence-electron chi connectivity index (χ2n) is 11.4. The SMILES string of the molecule is C[C@]12CCC(O[Si](C)(C)C)CC1CC[C@@H]1[C@@H]2C(O)C[C@]2(C)C(=O)CC[C@@H]12. The van der Waals surface area contributed by atoms with Crippen molar-refractivity contribution in [3.05, 3.63) is 0 Å². The van der Waals surface area contributed by atoms with Gasteiger partial charge in [0.1, 0.15) is 5.78 Å². The molecule has 0 saturated heterocycles. The molecule has 0 amide bonds. The topological polar surface area (TPSA) is 46.5 Å². The number of hydrogen-bond acceptors (Lipinski definition) is 3. The molecule has 1 N–H and O–H groups in total. The Morgan fingerprint density at radius 2 is 1.85 bits per heavy atom. The molecule has 4 aliphatic rings. The van der Waals surface area contributed by atoms with Gasteiger partial charge in [-0.15, -0.1) is 0 Å². The summed E-state index contributed by atoms with van der Waals surface area (Å²) in [6.07, 6.45) is 8.60. The van der Waals surface area contributed by atoms with Crippen LogP contribution >= 0.6 is 0 Å². The molecule has 0 radical (unpaired) electrons. The standard InChI is InChI=1S/C22H38O3Si/c1-21-11-10-15(25-26(3,4)5)12-14(21)6-7-16-17-8-9-19(24)22(17,2)13-18(23)20(16)21/h14-18,20,23H,6-13H2,1-5H3/t14?,15?,16-,17-,18?,20+,21-,22-/m0/s1. The number of aliphatic hydroxyl groups excluding tert-OH is 1. The van der Waals surface area contributed by atoms with Crippen LogP contribution in [0.25, 0.3) is 0 Å². The molecule has 148 valence electrons. The molecule has 0 spiro atoms. The first-order valence-corrected chi connectivity index (χ1v) is 14.3. The van der Waals surface area contributed by atoms with Crippen molar-refractivity contribution >= 4 is 14.1 Å². The van der Waals surface area contributed by atoms with Gasteiger partial charge in [-0.05, 0) is 93.7 Å². The summed E-state index contributed by atoms with van der Waals surface area (Å²) in [5.74, 6) is 2.54. The van der Waals surface area contributed by atoms with Crippen LogP contribution in [0.4, 0.5) is 0 Å². The van der Waals surface area contributed by atoms with Gasteiger partial charge < -0.3 is 9.53 Å². The van der Waals surface area contributed by atoms with Gasteiger partial charge in [0, 0.05) is 17.9 Å². The van der Waals surface area contributed by atoms with Gasteiger partial charge in [-0.2, -0.15) is 0 Å². The minimum atomic E-state index is -1.50. The van der Waals surface area contributed by atoms with Crippen molar-refractivity contribution in [1.29, 1.82) is 0 Å². The van der Waals surface area contributed by atoms with Crippen LogP contribution < -0.4 is 0 Å². The van der Waals surface area contributed by atoms with E-state index in [1.165, 1.54) is 25.7 Å². The molecule has 0 aromatic carbocycles. The summed E-state index contributed by atoms with van der Waals surface area (Å²) in [5, 5.41) is 11.2. The Morgan fingerprint density at radius 1 is 1.12 bits per heavy atom. The summed E-state index contributed by atoms with van der Waals surface area (Å²) in [6.45, 7) is 11.5. The maximum Gasteiger partial charge on any atom is 0.184 e. The van der Waals surface area contributed by atoms with Gasteiger partial charge >= 0.3 is 0 Å². The van der Waals surface area contributed by atoms with Gasteiger partial charge in [-0.25, -0.2) is 0 Å². The smallest absolute Gasteiger partial charge is 0.184 e. The van der Waals surface area contributed by atoms with Crippen molar-refractivity contribution in [2.24, 2.45) is 34.5 Å². The van der Waals surface area contributed by atoms with E-state index in [1.807, 2.05) is 0 Å². The molecule has 26 heavy (non-hydrogen) atoms. The third kappa shape index (κ3) is 2.86. The molecule has 3 nitrogen and oxygen atoms in total. The summed E-state index contributed by atoms with van der Waals surface area (Å²) in [7, 11) is -1.50. The molecule has 0 bridgehead atoms. The normalized spacial score (nSPS) is 51.5. The largest absolute Gasteiger partial charge is 0.415 e. The van der Waals surface area contributed by atoms with Crippen LogP contribution in [0, 0.1) is 34.5 Å². The summed E-state index contributed by atoms with van der Waals surface area (Å²) in [4.78, 5) is 12.6. The number of Topliss-reactive ketones (excluding diaryl/α,β-unsaturated/α-hetero) is 1. The van der Waals surface area contributed by atoms with Crippen molar-refractivity contribution in [3.8, 4) is 0 Å². The molecule has 3 unspecified atom stereocenters. The lowest BCUT2D eigenvalue weighted by Gasteiger charge is -2.61. The first-order chi connectivity index (χ1) is 12.0. The lowest BCUT2D eigenvalue weighted by Crippen LogP contribution is -2.59. The molecule has 4 rings (SSSR count). The van der Waals surface area contributed by atoms with E-state index in [9.17, 15) is 9.90 Å². The Morgan fingerprint density at radius 3 is 2.54 bits per heavy atom. The van der Waals surface area contributed by atoms with Crippen molar-refractivity contribution in [3.63, 3.8) is 0 Å². The molecule has 0 aromatic heterocycles. The van der Waals surface area contributed by atoms with Crippen molar-refractivity contribution in [2.45, 2.75) is 97.1 Å². The first kappa shape index (κ1) is 19.1. The quantitative estimate of drug-likeness (QED) is 0.703. The van der Waals surface area contributed by atoms with E-state index in [1.54, 1.807) is 0 Å². The van der Waals surface area contributed by atoms with Gasteiger partial charge in [-0.1, -0.05) is 13.8 Å². The summed E-state index contributed by atoms with van der Waals surface area (Å²) in [6, 6.07) is 0. The van der Waals surface area contributed by atoms with E-state index in [4.69, 9.17) is 4.43 Å². The number of rotatable bonds is 2. The molecule has 0 heterocycles. The average Bonchev–Trinajstić information content (AvgIpc) is 2.81. The van der Waals surface area contributed by atoms with Gasteiger partial charge in [0.2, 0.25) is 0 Å². The first-order valence-electron chi connectivity index (χ1n) is 10.9. The highest BCUT2D eigenvalue weighted by Gasteiger charge is 2.63. The van der Waals surface area contributed by atoms with E-state index in [0.29, 0.717) is 42.0 Å². The predicted molar refractivity (Wildman–Crippen MR) is 106 cm³/mol. The maximum atomic E-state index is 12.6. The van der Waals surface area contributed by atoms with Gasteiger partial charge in [0.25, 0.3) is 0 Å². The monoisotopic (exact) mass is 378 g/mol. The third-order valence-corrected chi connectivity index (χ3v) is 9.82. The zero-order valence-corrected chi connectivity index (χ0v) is 18.4. The van der Waals surface area contributed by atoms with Crippen molar-refractivity contribution in [1.82, 2.24) is 0 Å². The van der Waals surface area contributed by atoms with Crippen LogP contribution in [0.5, 0.6) is 0 Å². The molecule has 0 aromatic rings. The number of carbonyl (C=O) groups is 1. The van der Waals surface area contributed by atoms with Gasteiger partial charge in [0.15, 0.2) is 8.32 Å². The van der Waals surface area contributed by atoms with Crippen molar-refractivity contribution < 1.29 is 14.3 Å². The molecule has 4 heteroatoms. The van der Waals surface area contributed by atoms with E-state index in [-0.39, 0.29) is 16.9 Å². The van der Waals surface area contributed by atoms with Crippen LogP contribution in [0.15, 0.2) is 0 Å². The number of hydrogen-bond donors (Lipinski definition) is 1. The number of aliphatic hydroxyl groups is 1. The summed E-state index contributed by atoms with van der Waals surface area (Å²) < 4.78 is 6.47. The Hall–Kier alpha value is -0.193. The van der Waals surface area contributed by atoms with Gasteiger partial charge in [-0.3, -0.25) is 4.79 Å². The summed E-state index contributed by atoms with van der Waals surface area (Å²) >= 11 is 0.